The lowest BCUT2D eigenvalue weighted by Crippen LogP contribution is -2.57. The minimum atomic E-state index is -2.24. The number of hydrogen-bond acceptors (Lipinski definition) is 12. The highest BCUT2D eigenvalue weighted by atomic mass is 16.7. The molecule has 0 spiro atoms. The molecule has 238 valence electrons. The van der Waals surface area contributed by atoms with Crippen LogP contribution in [0.25, 0.3) is 0 Å². The summed E-state index contributed by atoms with van der Waals surface area (Å²) in [5.41, 5.74) is -3.52. The summed E-state index contributed by atoms with van der Waals surface area (Å²) in [5.74, 6) is -3.42. The number of fused-ring (bicyclic) bond motifs is 3. The summed E-state index contributed by atoms with van der Waals surface area (Å²) in [6, 6.07) is 4.00. The number of carbonyl (C=O) groups excluding carboxylic acids is 3. The van der Waals surface area contributed by atoms with Crippen molar-refractivity contribution < 1.29 is 54.1 Å². The van der Waals surface area contributed by atoms with E-state index < -0.39 is 95.7 Å². The van der Waals surface area contributed by atoms with Crippen molar-refractivity contribution in [1.82, 2.24) is 5.32 Å². The molecule has 1 unspecified atom stereocenters. The number of phenols is 2. The maximum absolute atomic E-state index is 13.8. The number of ether oxygens (including phenoxy) is 3. The summed E-state index contributed by atoms with van der Waals surface area (Å²) in [4.78, 5) is 40.2. The van der Waals surface area contributed by atoms with E-state index in [4.69, 9.17) is 14.2 Å². The maximum Gasteiger partial charge on any atom is 0.202 e. The standard InChI is InChI=1S/C32H39NO11/c1-13(2)14(3)33-18-9-22(43-15(4)27(18)36)44-20-11-32(41,21(35)12-34)10-17-24(20)31(40)26-25(29(17)38)28(37)16-7-6-8-19(42-5)23(16)30(26)39/h6-8,13-15,18,20,22,27,33-34,36,38,40-41H,9-12H2,1-5H3/t14?,15-,18-,20-,22-,27+,32-/m0/s1. The van der Waals surface area contributed by atoms with E-state index in [2.05, 4.69) is 5.32 Å². The molecule has 0 saturated carbocycles. The summed E-state index contributed by atoms with van der Waals surface area (Å²) < 4.78 is 17.5. The monoisotopic (exact) mass is 613 g/mol. The van der Waals surface area contributed by atoms with Crippen LogP contribution >= 0.6 is 0 Å². The molecule has 1 aliphatic heterocycles. The van der Waals surface area contributed by atoms with Crippen LogP contribution in [0.5, 0.6) is 17.2 Å². The molecule has 0 bridgehead atoms. The molecule has 6 N–H and O–H groups in total. The van der Waals surface area contributed by atoms with Crippen LogP contribution in [-0.2, 0) is 20.7 Å². The normalized spacial score (nSPS) is 28.7. The second-order valence-electron chi connectivity index (χ2n) is 12.3. The van der Waals surface area contributed by atoms with Crippen molar-refractivity contribution >= 4 is 17.3 Å². The third-order valence-electron chi connectivity index (χ3n) is 9.24. The van der Waals surface area contributed by atoms with Crippen molar-refractivity contribution in [2.24, 2.45) is 5.92 Å². The van der Waals surface area contributed by atoms with Gasteiger partial charge in [0, 0.05) is 48.0 Å². The molecule has 12 heteroatoms. The average Bonchev–Trinajstić information content (AvgIpc) is 2.98. The predicted octanol–water partition coefficient (Wildman–Crippen LogP) is 1.68. The zero-order valence-corrected chi connectivity index (χ0v) is 25.3. The van der Waals surface area contributed by atoms with Gasteiger partial charge in [0.1, 0.15) is 29.5 Å². The van der Waals surface area contributed by atoms with Gasteiger partial charge in [0.05, 0.1) is 42.1 Å². The molecule has 0 aromatic heterocycles. The summed E-state index contributed by atoms with van der Waals surface area (Å²) in [6.45, 7) is 6.72. The molecule has 1 fully saturated rings. The summed E-state index contributed by atoms with van der Waals surface area (Å²) in [7, 11) is 1.34. The zero-order chi connectivity index (χ0) is 32.2. The van der Waals surface area contributed by atoms with E-state index in [1.54, 1.807) is 6.92 Å². The Balaban J connectivity index is 1.62. The van der Waals surface area contributed by atoms with Crippen molar-refractivity contribution in [2.75, 3.05) is 13.7 Å². The molecule has 2 aromatic carbocycles. The zero-order valence-electron chi connectivity index (χ0n) is 25.3. The number of aliphatic hydroxyl groups is 3. The Hall–Kier alpha value is -3.39. The highest BCUT2D eigenvalue weighted by Gasteiger charge is 2.50. The van der Waals surface area contributed by atoms with Crippen LogP contribution in [0.4, 0.5) is 0 Å². The Labute approximate surface area is 254 Å². The lowest BCUT2D eigenvalue weighted by Gasteiger charge is -2.43. The first kappa shape index (κ1) is 32.0. The maximum atomic E-state index is 13.8. The third kappa shape index (κ3) is 5.19. The van der Waals surface area contributed by atoms with Crippen molar-refractivity contribution in [3.05, 3.63) is 51.6 Å². The van der Waals surface area contributed by atoms with E-state index >= 15 is 0 Å². The predicted molar refractivity (Wildman–Crippen MR) is 155 cm³/mol. The van der Waals surface area contributed by atoms with Gasteiger partial charge in [-0.25, -0.2) is 0 Å². The number of aliphatic hydroxyl groups excluding tert-OH is 2. The molecule has 0 amide bonds. The number of rotatable bonds is 8. The highest BCUT2D eigenvalue weighted by Crippen LogP contribution is 2.52. The second-order valence-corrected chi connectivity index (χ2v) is 12.3. The lowest BCUT2D eigenvalue weighted by molar-refractivity contribution is -0.250. The van der Waals surface area contributed by atoms with Crippen LogP contribution in [0.3, 0.4) is 0 Å². The lowest BCUT2D eigenvalue weighted by atomic mass is 9.72. The first-order valence-electron chi connectivity index (χ1n) is 14.7. The van der Waals surface area contributed by atoms with Gasteiger partial charge in [0.15, 0.2) is 17.9 Å². The van der Waals surface area contributed by atoms with Crippen molar-refractivity contribution in [3.63, 3.8) is 0 Å². The number of carbonyl (C=O) groups is 3. The molecule has 1 heterocycles. The summed E-state index contributed by atoms with van der Waals surface area (Å²) in [6.07, 6.45) is -4.74. The molecule has 0 radical (unpaired) electrons. The molecule has 2 aromatic rings. The fourth-order valence-electron chi connectivity index (χ4n) is 6.41. The van der Waals surface area contributed by atoms with Crippen LogP contribution in [0.2, 0.25) is 0 Å². The number of phenolic OH excluding ortho intramolecular Hbond substituents is 2. The number of aromatic hydroxyl groups is 2. The van der Waals surface area contributed by atoms with E-state index in [9.17, 15) is 39.9 Å². The fourth-order valence-corrected chi connectivity index (χ4v) is 6.41. The van der Waals surface area contributed by atoms with Crippen molar-refractivity contribution in [2.45, 2.75) is 89.2 Å². The van der Waals surface area contributed by atoms with Crippen LogP contribution in [0, 0.1) is 5.92 Å². The highest BCUT2D eigenvalue weighted by molar-refractivity contribution is 6.31. The molecule has 1 saturated heterocycles. The number of nitrogens with one attached hydrogen (secondary N) is 1. The average molecular weight is 614 g/mol. The Morgan fingerprint density at radius 1 is 1.11 bits per heavy atom. The first-order valence-corrected chi connectivity index (χ1v) is 14.7. The largest absolute Gasteiger partial charge is 0.507 e. The smallest absolute Gasteiger partial charge is 0.202 e. The quantitative estimate of drug-likeness (QED) is 0.202. The molecular weight excluding hydrogens is 574 g/mol. The molecule has 12 nitrogen and oxygen atoms in total. The van der Waals surface area contributed by atoms with Crippen LogP contribution < -0.4 is 10.1 Å². The van der Waals surface area contributed by atoms with E-state index in [1.165, 1.54) is 25.3 Å². The van der Waals surface area contributed by atoms with Crippen molar-refractivity contribution in [3.8, 4) is 17.2 Å². The third-order valence-corrected chi connectivity index (χ3v) is 9.24. The molecule has 3 aliphatic rings. The summed E-state index contributed by atoms with van der Waals surface area (Å²) >= 11 is 0. The molecular formula is C32H39NO11. The van der Waals surface area contributed by atoms with Crippen LogP contribution in [0.15, 0.2) is 18.2 Å². The minimum absolute atomic E-state index is 0.0409. The van der Waals surface area contributed by atoms with Crippen molar-refractivity contribution in [1.29, 1.82) is 0 Å². The molecule has 2 aliphatic carbocycles. The van der Waals surface area contributed by atoms with E-state index in [0.29, 0.717) is 0 Å². The van der Waals surface area contributed by atoms with Gasteiger partial charge in [-0.2, -0.15) is 0 Å². The number of ketones is 3. The Bertz CT molecular complexity index is 1500. The fraction of sp³-hybridized carbons (Fsp3) is 0.531. The molecule has 7 atom stereocenters. The second kappa shape index (κ2) is 11.8. The van der Waals surface area contributed by atoms with E-state index in [0.717, 1.165) is 0 Å². The number of Topliss-reactive ketones (excluding diaryl/α,β-unsaturated/α-hetero) is 1. The van der Waals surface area contributed by atoms with Gasteiger partial charge in [-0.15, -0.1) is 0 Å². The van der Waals surface area contributed by atoms with Gasteiger partial charge in [-0.3, -0.25) is 14.4 Å². The Morgan fingerprint density at radius 2 is 1.80 bits per heavy atom. The topological polar surface area (TPSA) is 192 Å². The van der Waals surface area contributed by atoms with Gasteiger partial charge < -0.3 is 45.1 Å². The number of methoxy groups -OCH3 is 1. The SMILES string of the molecule is COc1cccc2c1C(=O)c1c(O)c3c(c(O)c1C2=O)C[C@@](O)(C(=O)CO)C[C@@H]3O[C@H]1C[C@H](NC(C)C(C)C)[C@H](O)[C@H](C)O1. The van der Waals surface area contributed by atoms with Gasteiger partial charge in [-0.1, -0.05) is 26.0 Å². The Morgan fingerprint density at radius 3 is 2.43 bits per heavy atom. The minimum Gasteiger partial charge on any atom is -0.507 e. The number of hydrogen-bond donors (Lipinski definition) is 6. The van der Waals surface area contributed by atoms with Gasteiger partial charge in [0.25, 0.3) is 0 Å². The van der Waals surface area contributed by atoms with Gasteiger partial charge in [-0.05, 0) is 25.8 Å². The first-order chi connectivity index (χ1) is 20.7. The van der Waals surface area contributed by atoms with Gasteiger partial charge in [0.2, 0.25) is 5.78 Å². The van der Waals surface area contributed by atoms with E-state index in [-0.39, 0.29) is 46.4 Å². The van der Waals surface area contributed by atoms with E-state index in [1.807, 2.05) is 20.8 Å². The molecule has 5 rings (SSSR count). The summed E-state index contributed by atoms with van der Waals surface area (Å²) in [5, 5.41) is 58.5. The number of benzene rings is 2. The van der Waals surface area contributed by atoms with Crippen LogP contribution in [-0.4, -0.2) is 92.8 Å². The van der Waals surface area contributed by atoms with Crippen LogP contribution in [0.1, 0.15) is 89.6 Å². The Kier molecular flexibility index (Phi) is 8.62. The molecule has 44 heavy (non-hydrogen) atoms. The van der Waals surface area contributed by atoms with Gasteiger partial charge >= 0.3 is 0 Å².